The van der Waals surface area contributed by atoms with Crippen molar-refractivity contribution < 1.29 is 4.79 Å². The SMILES string of the molecule is C[C@H](Sc1nnc(-c2ccc(C(C)(C)C)cc2)n1C1CCCCC1)C(=O)N1[C@H](C)CCC[C@@H]1C. The molecule has 1 aliphatic heterocycles. The first-order chi connectivity index (χ1) is 16.2. The lowest BCUT2D eigenvalue weighted by Crippen LogP contribution is -2.50. The molecule has 1 aliphatic carbocycles. The molecule has 6 heteroatoms. The smallest absolute Gasteiger partial charge is 0.236 e. The summed E-state index contributed by atoms with van der Waals surface area (Å²) >= 11 is 1.59. The van der Waals surface area contributed by atoms with E-state index in [9.17, 15) is 4.79 Å². The number of likely N-dealkylation sites (tertiary alicyclic amines) is 1. The van der Waals surface area contributed by atoms with Crippen LogP contribution < -0.4 is 0 Å². The number of benzene rings is 1. The molecule has 4 rings (SSSR count). The highest BCUT2D eigenvalue weighted by atomic mass is 32.2. The van der Waals surface area contributed by atoms with Crippen molar-refractivity contribution in [2.45, 2.75) is 127 Å². The fraction of sp³-hybridized carbons (Fsp3) is 0.679. The molecule has 2 fully saturated rings. The first-order valence-corrected chi connectivity index (χ1v) is 14.1. The summed E-state index contributed by atoms with van der Waals surface area (Å²) in [4.78, 5) is 15.6. The lowest BCUT2D eigenvalue weighted by atomic mass is 9.86. The maximum absolute atomic E-state index is 13.5. The molecule has 186 valence electrons. The maximum atomic E-state index is 13.5. The van der Waals surface area contributed by atoms with Crippen LogP contribution in [0.2, 0.25) is 0 Å². The van der Waals surface area contributed by atoms with E-state index in [-0.39, 0.29) is 16.6 Å². The minimum atomic E-state index is -0.175. The number of nitrogens with zero attached hydrogens (tertiary/aromatic N) is 4. The Balaban J connectivity index is 1.62. The summed E-state index contributed by atoms with van der Waals surface area (Å²) in [6.07, 6.45) is 9.50. The van der Waals surface area contributed by atoms with Crippen LogP contribution in [0.25, 0.3) is 11.4 Å². The lowest BCUT2D eigenvalue weighted by molar-refractivity contribution is -0.136. The van der Waals surface area contributed by atoms with Crippen molar-refractivity contribution in [3.8, 4) is 11.4 Å². The highest BCUT2D eigenvalue weighted by Gasteiger charge is 2.33. The average Bonchev–Trinajstić information content (AvgIpc) is 3.22. The van der Waals surface area contributed by atoms with Gasteiger partial charge in [-0.25, -0.2) is 0 Å². The molecule has 0 radical (unpaired) electrons. The molecule has 0 unspecified atom stereocenters. The second-order valence-corrected chi connectivity index (χ2v) is 12.7. The van der Waals surface area contributed by atoms with Gasteiger partial charge in [0.1, 0.15) is 0 Å². The number of carbonyl (C=O) groups excluding carboxylic acids is 1. The first-order valence-electron chi connectivity index (χ1n) is 13.2. The van der Waals surface area contributed by atoms with Crippen LogP contribution in [0.15, 0.2) is 29.4 Å². The molecule has 2 aliphatic rings. The van der Waals surface area contributed by atoms with Crippen LogP contribution >= 0.6 is 11.8 Å². The number of amides is 1. The number of hydrogen-bond acceptors (Lipinski definition) is 4. The van der Waals surface area contributed by atoms with E-state index in [1.54, 1.807) is 11.8 Å². The zero-order valence-corrected chi connectivity index (χ0v) is 22.7. The molecule has 1 saturated heterocycles. The molecule has 3 atom stereocenters. The molecule has 2 aromatic rings. The Morgan fingerprint density at radius 3 is 2.15 bits per heavy atom. The number of aromatic nitrogens is 3. The van der Waals surface area contributed by atoms with Crippen LogP contribution in [0, 0.1) is 0 Å². The highest BCUT2D eigenvalue weighted by molar-refractivity contribution is 8.00. The van der Waals surface area contributed by atoms with Crippen molar-refractivity contribution >= 4 is 17.7 Å². The molecular weight excluding hydrogens is 440 g/mol. The Labute approximate surface area is 210 Å². The van der Waals surface area contributed by atoms with Gasteiger partial charge < -0.3 is 4.90 Å². The number of piperidine rings is 1. The predicted molar refractivity (Wildman–Crippen MR) is 141 cm³/mol. The molecule has 0 spiro atoms. The van der Waals surface area contributed by atoms with Gasteiger partial charge in [0.05, 0.1) is 5.25 Å². The zero-order valence-electron chi connectivity index (χ0n) is 21.9. The second-order valence-electron chi connectivity index (χ2n) is 11.4. The number of thioether (sulfide) groups is 1. The van der Waals surface area contributed by atoms with E-state index < -0.39 is 0 Å². The molecule has 34 heavy (non-hydrogen) atoms. The van der Waals surface area contributed by atoms with E-state index in [0.29, 0.717) is 18.1 Å². The van der Waals surface area contributed by atoms with Crippen molar-refractivity contribution in [2.75, 3.05) is 0 Å². The first kappa shape index (κ1) is 25.3. The Morgan fingerprint density at radius 2 is 1.56 bits per heavy atom. The summed E-state index contributed by atoms with van der Waals surface area (Å²) in [6, 6.07) is 9.83. The second kappa shape index (κ2) is 10.4. The molecular formula is C28H42N4OS. The average molecular weight is 483 g/mol. The van der Waals surface area contributed by atoms with Crippen molar-refractivity contribution in [1.29, 1.82) is 0 Å². The zero-order chi connectivity index (χ0) is 24.5. The van der Waals surface area contributed by atoms with Crippen molar-refractivity contribution in [1.82, 2.24) is 19.7 Å². The van der Waals surface area contributed by atoms with Crippen LogP contribution in [-0.2, 0) is 10.2 Å². The highest BCUT2D eigenvalue weighted by Crippen LogP contribution is 2.38. The minimum Gasteiger partial charge on any atom is -0.336 e. The molecule has 1 aromatic carbocycles. The van der Waals surface area contributed by atoms with Gasteiger partial charge in [0.2, 0.25) is 5.91 Å². The van der Waals surface area contributed by atoms with E-state index in [1.165, 1.54) is 31.2 Å². The van der Waals surface area contributed by atoms with Crippen molar-refractivity contribution in [2.24, 2.45) is 0 Å². The fourth-order valence-corrected chi connectivity index (χ4v) is 6.59. The maximum Gasteiger partial charge on any atom is 0.236 e. The number of carbonyl (C=O) groups is 1. The van der Waals surface area contributed by atoms with Crippen molar-refractivity contribution in [3.05, 3.63) is 29.8 Å². The van der Waals surface area contributed by atoms with Crippen LogP contribution in [0.3, 0.4) is 0 Å². The third-order valence-electron chi connectivity index (χ3n) is 7.69. The summed E-state index contributed by atoms with van der Waals surface area (Å²) in [7, 11) is 0. The van der Waals surface area contributed by atoms with Gasteiger partial charge in [0.15, 0.2) is 11.0 Å². The number of hydrogen-bond donors (Lipinski definition) is 0. The van der Waals surface area contributed by atoms with Gasteiger partial charge in [0, 0.05) is 23.7 Å². The lowest BCUT2D eigenvalue weighted by Gasteiger charge is -2.40. The van der Waals surface area contributed by atoms with Gasteiger partial charge in [-0.2, -0.15) is 0 Å². The quantitative estimate of drug-likeness (QED) is 0.430. The third-order valence-corrected chi connectivity index (χ3v) is 8.74. The topological polar surface area (TPSA) is 51.0 Å². The molecule has 1 amide bonds. The van der Waals surface area contributed by atoms with Gasteiger partial charge in [-0.05, 0) is 63.9 Å². The largest absolute Gasteiger partial charge is 0.336 e. The summed E-state index contributed by atoms with van der Waals surface area (Å²) in [5.74, 6) is 1.17. The summed E-state index contributed by atoms with van der Waals surface area (Å²) in [5.41, 5.74) is 2.54. The molecule has 5 nitrogen and oxygen atoms in total. The fourth-order valence-electron chi connectivity index (χ4n) is 5.62. The summed E-state index contributed by atoms with van der Waals surface area (Å²) in [6.45, 7) is 13.1. The van der Waals surface area contributed by atoms with E-state index in [0.717, 1.165) is 42.2 Å². The van der Waals surface area contributed by atoms with Gasteiger partial charge in [-0.3, -0.25) is 9.36 Å². The molecule has 2 heterocycles. The van der Waals surface area contributed by atoms with Gasteiger partial charge in [-0.1, -0.05) is 76.1 Å². The summed E-state index contributed by atoms with van der Waals surface area (Å²) in [5, 5.41) is 10.0. The van der Waals surface area contributed by atoms with Gasteiger partial charge in [0.25, 0.3) is 0 Å². The monoisotopic (exact) mass is 482 g/mol. The van der Waals surface area contributed by atoms with E-state index in [1.807, 2.05) is 6.92 Å². The normalized spacial score (nSPS) is 23.2. The van der Waals surface area contributed by atoms with Crippen LogP contribution in [0.4, 0.5) is 0 Å². The standard InChI is InChI=1S/C28H42N4OS/c1-19-11-10-12-20(2)31(19)26(33)21(3)34-27-30-29-25(32(27)24-13-8-7-9-14-24)22-15-17-23(18-16-22)28(4,5)6/h15-21,24H,7-14H2,1-6H3/t19-,20+,21-/m0/s1. The molecule has 0 N–H and O–H groups in total. The third kappa shape index (κ3) is 5.37. The molecule has 0 bridgehead atoms. The van der Waals surface area contributed by atoms with Crippen molar-refractivity contribution in [3.63, 3.8) is 0 Å². The summed E-state index contributed by atoms with van der Waals surface area (Å²) < 4.78 is 2.35. The molecule has 1 aromatic heterocycles. The van der Waals surface area contributed by atoms with Gasteiger partial charge in [-0.15, -0.1) is 10.2 Å². The van der Waals surface area contributed by atoms with Gasteiger partial charge >= 0.3 is 0 Å². The Bertz CT molecular complexity index is 961. The number of rotatable bonds is 5. The van der Waals surface area contributed by atoms with E-state index in [4.69, 9.17) is 0 Å². The molecule has 1 saturated carbocycles. The minimum absolute atomic E-state index is 0.120. The van der Waals surface area contributed by atoms with E-state index in [2.05, 4.69) is 78.5 Å². The van der Waals surface area contributed by atoms with Crippen LogP contribution in [-0.4, -0.2) is 42.9 Å². The Hall–Kier alpha value is -1.82. The Kier molecular flexibility index (Phi) is 7.75. The van der Waals surface area contributed by atoms with Crippen LogP contribution in [0.5, 0.6) is 0 Å². The van der Waals surface area contributed by atoms with Crippen LogP contribution in [0.1, 0.15) is 105 Å². The predicted octanol–water partition coefficient (Wildman–Crippen LogP) is 7.02. The Morgan fingerprint density at radius 1 is 0.941 bits per heavy atom. The van der Waals surface area contributed by atoms with E-state index >= 15 is 0 Å².